The summed E-state index contributed by atoms with van der Waals surface area (Å²) in [5, 5.41) is 9.48. The van der Waals surface area contributed by atoms with E-state index in [1.807, 2.05) is 0 Å². The average Bonchev–Trinajstić information content (AvgIpc) is 3.01. The van der Waals surface area contributed by atoms with E-state index in [0.29, 0.717) is 12.8 Å². The van der Waals surface area contributed by atoms with Crippen LogP contribution in [0.4, 0.5) is 0 Å². The third-order valence-electron chi connectivity index (χ3n) is 8.40. The van der Waals surface area contributed by atoms with Gasteiger partial charge in [-0.2, -0.15) is 0 Å². The van der Waals surface area contributed by atoms with Crippen LogP contribution in [0, 0.1) is 0 Å². The van der Waals surface area contributed by atoms with Crippen molar-refractivity contribution in [3.05, 3.63) is 36.5 Å². The summed E-state index contributed by atoms with van der Waals surface area (Å²) in [6.45, 7) is 4.43. The van der Waals surface area contributed by atoms with Gasteiger partial charge in [0.05, 0.1) is 0 Å². The Morgan fingerprint density at radius 2 is 0.932 bits per heavy atom. The highest BCUT2D eigenvalue weighted by atomic mass is 16.6. The Balaban J connectivity index is 3.57. The first-order valence-electron chi connectivity index (χ1n) is 19.0. The van der Waals surface area contributed by atoms with Crippen molar-refractivity contribution in [3.8, 4) is 0 Å². The van der Waals surface area contributed by atoms with Gasteiger partial charge in [-0.25, -0.2) is 4.79 Å². The lowest BCUT2D eigenvalue weighted by molar-refractivity contribution is -0.164. The Bertz CT molecular complexity index is 708. The second-order valence-corrected chi connectivity index (χ2v) is 12.7. The third-order valence-corrected chi connectivity index (χ3v) is 8.40. The van der Waals surface area contributed by atoms with E-state index in [0.717, 1.165) is 70.6 Å². The van der Waals surface area contributed by atoms with Gasteiger partial charge < -0.3 is 9.84 Å². The maximum atomic E-state index is 12.2. The molecule has 4 nitrogen and oxygen atoms in total. The van der Waals surface area contributed by atoms with E-state index in [2.05, 4.69) is 50.3 Å². The molecule has 0 aromatic heterocycles. The monoisotopic (exact) mass is 617 g/mol. The van der Waals surface area contributed by atoms with Crippen LogP contribution < -0.4 is 0 Å². The van der Waals surface area contributed by atoms with E-state index >= 15 is 0 Å². The van der Waals surface area contributed by atoms with Crippen LogP contribution in [0.5, 0.6) is 0 Å². The standard InChI is InChI=1S/C40H72O4/c1-3-5-7-9-11-13-15-17-19-20-21-23-24-26-28-30-32-34-36-38(40(42)43)44-39(41)37-35-33-31-29-27-25-22-18-16-14-12-10-8-6-4-2/h6,8,12,14,18,22,38H,3-5,7,9-11,13,15-17,19-21,23-37H2,1-2H3,(H,42,43)/b8-6-,14-12-,22-18-. The molecule has 0 rings (SSSR count). The first kappa shape index (κ1) is 42.2. The molecule has 0 spiro atoms. The zero-order valence-corrected chi connectivity index (χ0v) is 29.2. The van der Waals surface area contributed by atoms with Crippen molar-refractivity contribution >= 4 is 11.9 Å². The Morgan fingerprint density at radius 3 is 1.41 bits per heavy atom. The number of carboxylic acid groups (broad SMARTS) is 1. The Hall–Kier alpha value is -1.84. The Morgan fingerprint density at radius 1 is 0.523 bits per heavy atom. The number of carbonyl (C=O) groups is 2. The highest BCUT2D eigenvalue weighted by molar-refractivity contribution is 5.77. The van der Waals surface area contributed by atoms with Crippen LogP contribution in [-0.2, 0) is 14.3 Å². The summed E-state index contributed by atoms with van der Waals surface area (Å²) in [5.41, 5.74) is 0. The van der Waals surface area contributed by atoms with Crippen LogP contribution in [0.3, 0.4) is 0 Å². The van der Waals surface area contributed by atoms with E-state index in [1.54, 1.807) is 0 Å². The molecule has 4 heteroatoms. The van der Waals surface area contributed by atoms with Gasteiger partial charge in [-0.15, -0.1) is 0 Å². The fourth-order valence-corrected chi connectivity index (χ4v) is 5.57. The van der Waals surface area contributed by atoms with Crippen molar-refractivity contribution in [2.24, 2.45) is 0 Å². The largest absolute Gasteiger partial charge is 0.479 e. The first-order chi connectivity index (χ1) is 21.6. The van der Waals surface area contributed by atoms with Crippen molar-refractivity contribution in [1.82, 2.24) is 0 Å². The number of hydrogen-bond acceptors (Lipinski definition) is 3. The van der Waals surface area contributed by atoms with Gasteiger partial charge in [0, 0.05) is 6.42 Å². The molecule has 0 fully saturated rings. The zero-order chi connectivity index (χ0) is 32.2. The zero-order valence-electron chi connectivity index (χ0n) is 29.2. The molecule has 1 unspecified atom stereocenters. The molecule has 0 bridgehead atoms. The number of esters is 1. The summed E-state index contributed by atoms with van der Waals surface area (Å²) in [4.78, 5) is 23.8. The summed E-state index contributed by atoms with van der Waals surface area (Å²) in [5.74, 6) is -1.37. The smallest absolute Gasteiger partial charge is 0.345 e. The summed E-state index contributed by atoms with van der Waals surface area (Å²) in [6.07, 6.45) is 46.1. The average molecular weight is 617 g/mol. The molecule has 0 amide bonds. The van der Waals surface area contributed by atoms with E-state index in [4.69, 9.17) is 4.74 Å². The van der Waals surface area contributed by atoms with Crippen molar-refractivity contribution < 1.29 is 19.4 Å². The number of unbranched alkanes of at least 4 members (excludes halogenated alkanes) is 22. The molecule has 0 aromatic carbocycles. The maximum absolute atomic E-state index is 12.2. The van der Waals surface area contributed by atoms with Crippen LogP contribution in [0.25, 0.3) is 0 Å². The van der Waals surface area contributed by atoms with Crippen LogP contribution in [0.15, 0.2) is 36.5 Å². The molecular weight excluding hydrogens is 544 g/mol. The van der Waals surface area contributed by atoms with E-state index < -0.39 is 12.1 Å². The van der Waals surface area contributed by atoms with Crippen molar-refractivity contribution in [3.63, 3.8) is 0 Å². The lowest BCUT2D eigenvalue weighted by Crippen LogP contribution is -2.27. The van der Waals surface area contributed by atoms with Crippen LogP contribution in [-0.4, -0.2) is 23.1 Å². The summed E-state index contributed by atoms with van der Waals surface area (Å²) in [6, 6.07) is 0. The van der Waals surface area contributed by atoms with Gasteiger partial charge >= 0.3 is 11.9 Å². The van der Waals surface area contributed by atoms with Gasteiger partial charge in [-0.05, 0) is 51.4 Å². The molecule has 1 N–H and O–H groups in total. The van der Waals surface area contributed by atoms with Crippen molar-refractivity contribution in [2.45, 2.75) is 206 Å². The molecule has 0 aliphatic carbocycles. The third kappa shape index (κ3) is 33.1. The molecule has 44 heavy (non-hydrogen) atoms. The number of rotatable bonds is 34. The van der Waals surface area contributed by atoms with E-state index in [-0.39, 0.29) is 5.97 Å². The molecule has 0 radical (unpaired) electrons. The fourth-order valence-electron chi connectivity index (χ4n) is 5.57. The molecule has 0 heterocycles. The second kappa shape index (κ2) is 35.6. The molecule has 0 saturated carbocycles. The lowest BCUT2D eigenvalue weighted by Gasteiger charge is -2.13. The minimum Gasteiger partial charge on any atom is -0.479 e. The normalized spacial score (nSPS) is 12.6. The number of carboxylic acids is 1. The van der Waals surface area contributed by atoms with Gasteiger partial charge in [-0.3, -0.25) is 4.79 Å². The van der Waals surface area contributed by atoms with E-state index in [1.165, 1.54) is 103 Å². The number of carbonyl (C=O) groups excluding carboxylic acids is 1. The lowest BCUT2D eigenvalue weighted by atomic mass is 10.0. The predicted molar refractivity (Wildman–Crippen MR) is 190 cm³/mol. The first-order valence-corrected chi connectivity index (χ1v) is 19.0. The highest BCUT2D eigenvalue weighted by Gasteiger charge is 2.21. The minimum absolute atomic E-state index is 0.322. The van der Waals surface area contributed by atoms with Crippen LogP contribution in [0.2, 0.25) is 0 Å². The Kier molecular flexibility index (Phi) is 34.1. The molecular formula is C40H72O4. The number of allylic oxidation sites excluding steroid dienone is 6. The number of ether oxygens (including phenoxy) is 1. The molecule has 0 aromatic rings. The topological polar surface area (TPSA) is 63.6 Å². The quantitative estimate of drug-likeness (QED) is 0.0444. The number of hydrogen-bond donors (Lipinski definition) is 1. The van der Waals surface area contributed by atoms with Crippen LogP contribution in [0.1, 0.15) is 200 Å². The fraction of sp³-hybridized carbons (Fsp3) is 0.800. The van der Waals surface area contributed by atoms with Crippen LogP contribution >= 0.6 is 0 Å². The van der Waals surface area contributed by atoms with Gasteiger partial charge in [0.1, 0.15) is 0 Å². The SMILES string of the molecule is CC/C=C\C/C=C\C/C=C\CCCCCCCC(=O)OC(CCCCCCCCCCCCCCCCCCCC)C(=O)O. The summed E-state index contributed by atoms with van der Waals surface area (Å²) in [7, 11) is 0. The summed E-state index contributed by atoms with van der Waals surface area (Å²) < 4.78 is 5.31. The van der Waals surface area contributed by atoms with Crippen molar-refractivity contribution in [1.29, 1.82) is 0 Å². The minimum atomic E-state index is -1.01. The second-order valence-electron chi connectivity index (χ2n) is 12.7. The van der Waals surface area contributed by atoms with Crippen molar-refractivity contribution in [2.75, 3.05) is 0 Å². The molecule has 256 valence electrons. The van der Waals surface area contributed by atoms with Gasteiger partial charge in [0.2, 0.25) is 0 Å². The Labute approximate surface area is 273 Å². The molecule has 1 atom stereocenters. The predicted octanol–water partition coefficient (Wildman–Crippen LogP) is 13.0. The maximum Gasteiger partial charge on any atom is 0.345 e. The van der Waals surface area contributed by atoms with E-state index in [9.17, 15) is 14.7 Å². The summed E-state index contributed by atoms with van der Waals surface area (Å²) >= 11 is 0. The molecule has 0 aliphatic heterocycles. The van der Waals surface area contributed by atoms with Gasteiger partial charge in [-0.1, -0.05) is 179 Å². The molecule has 0 saturated heterocycles. The van der Waals surface area contributed by atoms with Gasteiger partial charge in [0.15, 0.2) is 6.10 Å². The molecule has 0 aliphatic rings. The highest BCUT2D eigenvalue weighted by Crippen LogP contribution is 2.16. The van der Waals surface area contributed by atoms with Gasteiger partial charge in [0.25, 0.3) is 0 Å². The number of aliphatic carboxylic acids is 1.